The van der Waals surface area contributed by atoms with Crippen molar-refractivity contribution in [1.82, 2.24) is 4.90 Å². The molecule has 0 radical (unpaired) electrons. The average molecular weight is 277 g/mol. The van der Waals surface area contributed by atoms with Crippen LogP contribution in [0.2, 0.25) is 0 Å². The fourth-order valence-corrected chi connectivity index (χ4v) is 2.36. The van der Waals surface area contributed by atoms with Gasteiger partial charge < -0.3 is 14.7 Å². The quantitative estimate of drug-likeness (QED) is 0.839. The van der Waals surface area contributed by atoms with E-state index in [2.05, 4.69) is 0 Å². The summed E-state index contributed by atoms with van der Waals surface area (Å²) in [7, 11) is 0. The Morgan fingerprint density at radius 1 is 1.40 bits per heavy atom. The number of aliphatic hydroxyl groups is 1. The number of nitrogens with zero attached hydrogens (tertiary/aromatic N) is 1. The highest BCUT2D eigenvalue weighted by Crippen LogP contribution is 2.21. The van der Waals surface area contributed by atoms with Gasteiger partial charge in [0, 0.05) is 19.5 Å². The maximum absolute atomic E-state index is 11.9. The number of carbonyl (C=O) groups is 1. The van der Waals surface area contributed by atoms with Crippen LogP contribution in [0.4, 0.5) is 0 Å². The van der Waals surface area contributed by atoms with E-state index in [1.807, 2.05) is 31.2 Å². The highest BCUT2D eigenvalue weighted by atomic mass is 16.5. The van der Waals surface area contributed by atoms with E-state index in [-0.39, 0.29) is 5.91 Å². The molecular formula is C16H23NO3. The second-order valence-electron chi connectivity index (χ2n) is 5.83. The molecule has 1 aliphatic rings. The van der Waals surface area contributed by atoms with Crippen LogP contribution in [0.1, 0.15) is 31.7 Å². The van der Waals surface area contributed by atoms with E-state index in [4.69, 9.17) is 4.74 Å². The molecule has 1 unspecified atom stereocenters. The minimum absolute atomic E-state index is 0.107. The predicted octanol–water partition coefficient (Wildman–Crippen LogP) is 2.14. The Labute approximate surface area is 120 Å². The first-order valence-corrected chi connectivity index (χ1v) is 7.16. The first-order chi connectivity index (χ1) is 9.46. The number of β-amino-alcohol motifs (C(OH)–C–C–N with tert-alkyl or cyclic N) is 1. The third kappa shape index (κ3) is 4.23. The number of rotatable bonds is 5. The Morgan fingerprint density at radius 3 is 2.70 bits per heavy atom. The van der Waals surface area contributed by atoms with Crippen molar-refractivity contribution >= 4 is 5.91 Å². The van der Waals surface area contributed by atoms with Crippen molar-refractivity contribution in [2.75, 3.05) is 19.7 Å². The number of hydrogen-bond donors (Lipinski definition) is 1. The molecule has 1 fully saturated rings. The number of amides is 1. The summed E-state index contributed by atoms with van der Waals surface area (Å²) < 4.78 is 5.59. The van der Waals surface area contributed by atoms with E-state index in [1.165, 1.54) is 5.56 Å². The zero-order valence-electron chi connectivity index (χ0n) is 12.3. The van der Waals surface area contributed by atoms with Crippen LogP contribution in [0.5, 0.6) is 5.75 Å². The third-order valence-electron chi connectivity index (χ3n) is 3.63. The SMILES string of the molecule is Cc1ccc(OCCCC(=O)N2CCC(C)(O)C2)cc1. The van der Waals surface area contributed by atoms with Gasteiger partial charge in [0.2, 0.25) is 5.91 Å². The molecule has 1 aromatic carbocycles. The van der Waals surface area contributed by atoms with Crippen molar-refractivity contribution in [1.29, 1.82) is 0 Å². The molecule has 1 atom stereocenters. The van der Waals surface area contributed by atoms with Gasteiger partial charge in [-0.2, -0.15) is 0 Å². The number of carbonyl (C=O) groups excluding carboxylic acids is 1. The Morgan fingerprint density at radius 2 is 2.10 bits per heavy atom. The summed E-state index contributed by atoms with van der Waals surface area (Å²) in [6, 6.07) is 7.89. The Hall–Kier alpha value is -1.55. The molecule has 0 saturated carbocycles. The number of aryl methyl sites for hydroxylation is 1. The highest BCUT2D eigenvalue weighted by Gasteiger charge is 2.33. The van der Waals surface area contributed by atoms with Crippen molar-refractivity contribution in [2.45, 2.75) is 38.7 Å². The molecule has 4 nitrogen and oxygen atoms in total. The van der Waals surface area contributed by atoms with Gasteiger partial charge in [0.25, 0.3) is 0 Å². The van der Waals surface area contributed by atoms with E-state index in [1.54, 1.807) is 11.8 Å². The molecule has 4 heteroatoms. The van der Waals surface area contributed by atoms with E-state index >= 15 is 0 Å². The molecule has 1 saturated heterocycles. The average Bonchev–Trinajstić information content (AvgIpc) is 2.77. The Balaban J connectivity index is 1.66. The zero-order chi connectivity index (χ0) is 14.6. The first-order valence-electron chi connectivity index (χ1n) is 7.16. The summed E-state index contributed by atoms with van der Waals surface area (Å²) >= 11 is 0. The van der Waals surface area contributed by atoms with Gasteiger partial charge in [0.1, 0.15) is 5.75 Å². The first kappa shape index (κ1) is 14.9. The van der Waals surface area contributed by atoms with Crippen LogP contribution in [-0.4, -0.2) is 41.2 Å². The lowest BCUT2D eigenvalue weighted by Gasteiger charge is -2.19. The molecule has 1 heterocycles. The van der Waals surface area contributed by atoms with E-state index in [0.717, 1.165) is 5.75 Å². The van der Waals surface area contributed by atoms with Gasteiger partial charge in [-0.15, -0.1) is 0 Å². The maximum Gasteiger partial charge on any atom is 0.222 e. The highest BCUT2D eigenvalue weighted by molar-refractivity contribution is 5.76. The van der Waals surface area contributed by atoms with Crippen molar-refractivity contribution in [2.24, 2.45) is 0 Å². The van der Waals surface area contributed by atoms with Crippen LogP contribution in [0.25, 0.3) is 0 Å². The van der Waals surface area contributed by atoms with Gasteiger partial charge in [-0.3, -0.25) is 4.79 Å². The Bertz CT molecular complexity index is 453. The van der Waals surface area contributed by atoms with Crippen molar-refractivity contribution in [3.63, 3.8) is 0 Å². The molecule has 2 rings (SSSR count). The molecule has 0 aromatic heterocycles. The molecule has 110 valence electrons. The maximum atomic E-state index is 11.9. The van der Waals surface area contributed by atoms with E-state index < -0.39 is 5.60 Å². The minimum Gasteiger partial charge on any atom is -0.494 e. The van der Waals surface area contributed by atoms with Crippen molar-refractivity contribution in [3.05, 3.63) is 29.8 Å². The van der Waals surface area contributed by atoms with Gasteiger partial charge in [-0.05, 0) is 38.8 Å². The lowest BCUT2D eigenvalue weighted by Crippen LogP contribution is -2.33. The van der Waals surface area contributed by atoms with E-state index in [9.17, 15) is 9.90 Å². The molecule has 1 aliphatic heterocycles. The summed E-state index contributed by atoms with van der Waals surface area (Å²) in [6.07, 6.45) is 1.84. The molecule has 0 spiro atoms. The van der Waals surface area contributed by atoms with Gasteiger partial charge in [0.15, 0.2) is 0 Å². The molecule has 1 aromatic rings. The zero-order valence-corrected chi connectivity index (χ0v) is 12.3. The number of ether oxygens (including phenoxy) is 1. The standard InChI is InChI=1S/C16H23NO3/c1-13-5-7-14(8-6-13)20-11-3-4-15(18)17-10-9-16(2,19)12-17/h5-8,19H,3-4,9-12H2,1-2H3. The second kappa shape index (κ2) is 6.27. The predicted molar refractivity (Wildman–Crippen MR) is 77.7 cm³/mol. The monoisotopic (exact) mass is 277 g/mol. The van der Waals surface area contributed by atoms with Crippen molar-refractivity contribution in [3.8, 4) is 5.75 Å². The van der Waals surface area contributed by atoms with Crippen LogP contribution in [0, 0.1) is 6.92 Å². The van der Waals surface area contributed by atoms with Gasteiger partial charge in [-0.25, -0.2) is 0 Å². The summed E-state index contributed by atoms with van der Waals surface area (Å²) in [5, 5.41) is 9.84. The van der Waals surface area contributed by atoms with Crippen LogP contribution in [-0.2, 0) is 4.79 Å². The molecule has 1 N–H and O–H groups in total. The van der Waals surface area contributed by atoms with Crippen LogP contribution >= 0.6 is 0 Å². The fourth-order valence-electron chi connectivity index (χ4n) is 2.36. The minimum atomic E-state index is -0.714. The smallest absolute Gasteiger partial charge is 0.222 e. The van der Waals surface area contributed by atoms with Gasteiger partial charge in [0.05, 0.1) is 12.2 Å². The lowest BCUT2D eigenvalue weighted by atomic mass is 10.1. The summed E-state index contributed by atoms with van der Waals surface area (Å²) in [5.41, 5.74) is 0.488. The molecule has 0 aliphatic carbocycles. The Kier molecular flexibility index (Phi) is 4.65. The molecule has 0 bridgehead atoms. The fraction of sp³-hybridized carbons (Fsp3) is 0.562. The largest absolute Gasteiger partial charge is 0.494 e. The third-order valence-corrected chi connectivity index (χ3v) is 3.63. The van der Waals surface area contributed by atoms with Gasteiger partial charge in [-0.1, -0.05) is 17.7 Å². The van der Waals surface area contributed by atoms with Crippen LogP contribution < -0.4 is 4.74 Å². The molecule has 1 amide bonds. The summed E-state index contributed by atoms with van der Waals surface area (Å²) in [6.45, 7) is 5.46. The number of hydrogen-bond acceptors (Lipinski definition) is 3. The second-order valence-corrected chi connectivity index (χ2v) is 5.83. The van der Waals surface area contributed by atoms with Crippen LogP contribution in [0.15, 0.2) is 24.3 Å². The van der Waals surface area contributed by atoms with Crippen LogP contribution in [0.3, 0.4) is 0 Å². The molecular weight excluding hydrogens is 254 g/mol. The molecule has 20 heavy (non-hydrogen) atoms. The summed E-state index contributed by atoms with van der Waals surface area (Å²) in [4.78, 5) is 13.7. The summed E-state index contributed by atoms with van der Waals surface area (Å²) in [5.74, 6) is 0.947. The number of benzene rings is 1. The normalized spacial score (nSPS) is 22.1. The topological polar surface area (TPSA) is 49.8 Å². The van der Waals surface area contributed by atoms with E-state index in [0.29, 0.717) is 39.0 Å². The number of likely N-dealkylation sites (tertiary alicyclic amines) is 1. The van der Waals surface area contributed by atoms with Crippen molar-refractivity contribution < 1.29 is 14.6 Å². The van der Waals surface area contributed by atoms with Gasteiger partial charge >= 0.3 is 0 Å². The lowest BCUT2D eigenvalue weighted by molar-refractivity contribution is -0.131.